The summed E-state index contributed by atoms with van der Waals surface area (Å²) in [6.07, 6.45) is 4.60. The Kier molecular flexibility index (Phi) is 5.98. The zero-order valence-electron chi connectivity index (χ0n) is 18.4. The highest BCUT2D eigenvalue weighted by Gasteiger charge is 2.37. The fourth-order valence-electron chi connectivity index (χ4n) is 3.54. The zero-order valence-corrected chi connectivity index (χ0v) is 18.4. The van der Waals surface area contributed by atoms with E-state index in [4.69, 9.17) is 4.74 Å². The Bertz CT molecular complexity index is 1120. The summed E-state index contributed by atoms with van der Waals surface area (Å²) in [5.74, 6) is 1.39. The lowest BCUT2D eigenvalue weighted by atomic mass is 10.0. The summed E-state index contributed by atoms with van der Waals surface area (Å²) in [5, 5.41) is 3.18. The van der Waals surface area contributed by atoms with E-state index in [0.29, 0.717) is 29.8 Å². The molecule has 9 heteroatoms. The molecule has 166 valence electrons. The highest BCUT2D eigenvalue weighted by Crippen LogP contribution is 2.27. The van der Waals surface area contributed by atoms with E-state index in [1.165, 1.54) is 6.07 Å². The number of amides is 1. The molecule has 2 aromatic heterocycles. The number of carbonyl (C=O) groups excluding carboxylic acids is 1. The van der Waals surface area contributed by atoms with Gasteiger partial charge in [0.15, 0.2) is 0 Å². The first kappa shape index (κ1) is 21.6. The van der Waals surface area contributed by atoms with Crippen molar-refractivity contribution in [3.63, 3.8) is 0 Å². The number of hydrogen-bond acceptors (Lipinski definition) is 7. The van der Waals surface area contributed by atoms with Crippen molar-refractivity contribution in [1.82, 2.24) is 19.9 Å². The minimum Gasteiger partial charge on any atom is -0.447 e. The quantitative estimate of drug-likeness (QED) is 0.606. The molecule has 3 aromatic rings. The normalized spacial score (nSPS) is 16.9. The summed E-state index contributed by atoms with van der Waals surface area (Å²) in [4.78, 5) is 31.4. The Morgan fingerprint density at radius 3 is 2.56 bits per heavy atom. The van der Waals surface area contributed by atoms with Crippen LogP contribution in [0.25, 0.3) is 11.1 Å². The number of ether oxygens (including phenoxy) is 1. The maximum atomic E-state index is 13.5. The van der Waals surface area contributed by atoms with Gasteiger partial charge in [-0.15, -0.1) is 0 Å². The van der Waals surface area contributed by atoms with Crippen LogP contribution in [0.4, 0.5) is 21.0 Å². The summed E-state index contributed by atoms with van der Waals surface area (Å²) in [7, 11) is 0. The average molecular weight is 436 g/mol. The van der Waals surface area contributed by atoms with Gasteiger partial charge in [-0.1, -0.05) is 19.9 Å². The van der Waals surface area contributed by atoms with Crippen molar-refractivity contribution < 1.29 is 13.9 Å². The van der Waals surface area contributed by atoms with Crippen LogP contribution in [0.15, 0.2) is 42.9 Å². The van der Waals surface area contributed by atoms with Crippen molar-refractivity contribution in [1.29, 1.82) is 0 Å². The average Bonchev–Trinajstić information content (AvgIpc) is 3.18. The van der Waals surface area contributed by atoms with Gasteiger partial charge in [-0.05, 0) is 49.1 Å². The molecule has 1 aliphatic heterocycles. The van der Waals surface area contributed by atoms with Crippen molar-refractivity contribution in [3.05, 3.63) is 60.1 Å². The zero-order chi connectivity index (χ0) is 22.8. The van der Waals surface area contributed by atoms with Crippen LogP contribution in [-0.4, -0.2) is 38.7 Å². The second-order valence-electron chi connectivity index (χ2n) is 8.16. The summed E-state index contributed by atoms with van der Waals surface area (Å²) in [5.41, 5.74) is 2.22. The molecular formula is C23H25FN6O2. The number of aryl methyl sites for hydroxylation is 1. The third-order valence-corrected chi connectivity index (χ3v) is 5.46. The van der Waals surface area contributed by atoms with Crippen molar-refractivity contribution in [2.45, 2.75) is 39.8 Å². The number of nitrogens with zero attached hydrogens (tertiary/aromatic N) is 5. The van der Waals surface area contributed by atoms with Crippen LogP contribution in [0, 0.1) is 18.7 Å². The van der Waals surface area contributed by atoms with E-state index < -0.39 is 6.09 Å². The predicted molar refractivity (Wildman–Crippen MR) is 119 cm³/mol. The molecule has 1 N–H and O–H groups in total. The highest BCUT2D eigenvalue weighted by atomic mass is 19.1. The molecule has 1 unspecified atom stereocenters. The topological polar surface area (TPSA) is 93.1 Å². The van der Waals surface area contributed by atoms with Crippen LogP contribution in [0.5, 0.6) is 0 Å². The molecule has 1 amide bonds. The minimum atomic E-state index is -0.406. The van der Waals surface area contributed by atoms with Crippen LogP contribution >= 0.6 is 0 Å². The van der Waals surface area contributed by atoms with Gasteiger partial charge in [-0.25, -0.2) is 24.1 Å². The van der Waals surface area contributed by atoms with E-state index in [9.17, 15) is 9.18 Å². The third kappa shape index (κ3) is 4.37. The molecule has 0 spiro atoms. The number of halogens is 1. The van der Waals surface area contributed by atoms with Crippen LogP contribution in [0.2, 0.25) is 0 Å². The van der Waals surface area contributed by atoms with E-state index in [0.717, 1.165) is 11.1 Å². The molecule has 8 nitrogen and oxygen atoms in total. The number of hydrogen-bond donors (Lipinski definition) is 1. The van der Waals surface area contributed by atoms with Gasteiger partial charge in [0.05, 0.1) is 12.1 Å². The van der Waals surface area contributed by atoms with Gasteiger partial charge < -0.3 is 10.1 Å². The fraction of sp³-hybridized carbons (Fsp3) is 0.348. The molecule has 1 saturated heterocycles. The van der Waals surface area contributed by atoms with Gasteiger partial charge >= 0.3 is 6.09 Å². The lowest BCUT2D eigenvalue weighted by Gasteiger charge is -2.23. The third-order valence-electron chi connectivity index (χ3n) is 5.46. The Hall–Kier alpha value is -3.62. The van der Waals surface area contributed by atoms with E-state index in [1.54, 1.807) is 48.6 Å². The molecular weight excluding hydrogens is 411 g/mol. The van der Waals surface area contributed by atoms with Gasteiger partial charge in [-0.2, -0.15) is 4.98 Å². The highest BCUT2D eigenvalue weighted by molar-refractivity contribution is 5.89. The van der Waals surface area contributed by atoms with E-state index in [1.807, 2.05) is 20.8 Å². The maximum Gasteiger partial charge on any atom is 0.415 e. The molecule has 1 aliphatic rings. The first-order valence-corrected chi connectivity index (χ1v) is 10.5. The summed E-state index contributed by atoms with van der Waals surface area (Å²) in [6.45, 7) is 8.04. The van der Waals surface area contributed by atoms with Crippen LogP contribution in [-0.2, 0) is 4.74 Å². The molecule has 4 rings (SSSR count). The summed E-state index contributed by atoms with van der Waals surface area (Å²) in [6, 6.07) is 6.24. The Balaban J connectivity index is 1.49. The minimum absolute atomic E-state index is 0.0753. The van der Waals surface area contributed by atoms with E-state index >= 15 is 0 Å². The summed E-state index contributed by atoms with van der Waals surface area (Å²) < 4.78 is 18.7. The first-order valence-electron chi connectivity index (χ1n) is 10.5. The lowest BCUT2D eigenvalue weighted by Crippen LogP contribution is -2.37. The Morgan fingerprint density at radius 1 is 1.12 bits per heavy atom. The molecule has 0 bridgehead atoms. The van der Waals surface area contributed by atoms with Gasteiger partial charge in [0.2, 0.25) is 5.95 Å². The SMILES string of the molecule is Cc1cc(-c2cnc(C(C)Nc3nccc(N4C(=O)OC[C@@H]4C(C)C)n3)nc2)ccc1F. The second kappa shape index (κ2) is 8.86. The molecule has 3 heterocycles. The molecule has 0 aliphatic carbocycles. The number of rotatable bonds is 6. The van der Waals surface area contributed by atoms with Gasteiger partial charge in [0.25, 0.3) is 0 Å². The van der Waals surface area contributed by atoms with Gasteiger partial charge in [-0.3, -0.25) is 4.90 Å². The molecule has 0 saturated carbocycles. The largest absolute Gasteiger partial charge is 0.447 e. The fourth-order valence-corrected chi connectivity index (χ4v) is 3.54. The second-order valence-corrected chi connectivity index (χ2v) is 8.16. The van der Waals surface area contributed by atoms with E-state index in [-0.39, 0.29) is 23.8 Å². The number of aromatic nitrogens is 4. The molecule has 1 aromatic carbocycles. The van der Waals surface area contributed by atoms with Crippen molar-refractivity contribution in [3.8, 4) is 11.1 Å². The Morgan fingerprint density at radius 2 is 1.88 bits per heavy atom. The van der Waals surface area contributed by atoms with Gasteiger partial charge in [0.1, 0.15) is 24.1 Å². The Labute approximate surface area is 185 Å². The molecule has 0 radical (unpaired) electrons. The monoisotopic (exact) mass is 436 g/mol. The molecule has 2 atom stereocenters. The number of benzene rings is 1. The molecule has 1 fully saturated rings. The predicted octanol–water partition coefficient (Wildman–Crippen LogP) is 4.54. The lowest BCUT2D eigenvalue weighted by molar-refractivity contribution is 0.177. The van der Waals surface area contributed by atoms with Crippen molar-refractivity contribution >= 4 is 17.9 Å². The van der Waals surface area contributed by atoms with Crippen molar-refractivity contribution in [2.75, 3.05) is 16.8 Å². The first-order chi connectivity index (χ1) is 15.3. The van der Waals surface area contributed by atoms with E-state index in [2.05, 4.69) is 25.3 Å². The number of carbonyl (C=O) groups is 1. The number of nitrogens with one attached hydrogen (secondary N) is 1. The number of anilines is 2. The van der Waals surface area contributed by atoms with Crippen LogP contribution < -0.4 is 10.2 Å². The standard InChI is InChI=1S/C23H25FN6O2/c1-13(2)19-12-32-23(31)30(19)20-7-8-25-22(29-20)28-15(4)21-26-10-17(11-27-21)16-5-6-18(24)14(3)9-16/h5-11,13,15,19H,12H2,1-4H3,(H,25,28,29)/t15?,19-/m1/s1. The smallest absolute Gasteiger partial charge is 0.415 e. The number of cyclic esters (lactones) is 1. The van der Waals surface area contributed by atoms with Crippen LogP contribution in [0.1, 0.15) is 38.2 Å². The van der Waals surface area contributed by atoms with Crippen molar-refractivity contribution in [2.24, 2.45) is 5.92 Å². The summed E-state index contributed by atoms with van der Waals surface area (Å²) >= 11 is 0. The maximum absolute atomic E-state index is 13.5. The van der Waals surface area contributed by atoms with Crippen LogP contribution in [0.3, 0.4) is 0 Å². The molecule has 32 heavy (non-hydrogen) atoms. The van der Waals surface area contributed by atoms with Gasteiger partial charge in [0, 0.05) is 24.2 Å².